The SMILES string of the molecule is Nc1nc(N2CCC[C@]3(CCC(=O)N(CCO)C3)C2)cc2nncn12. The highest BCUT2D eigenvalue weighted by atomic mass is 16.3. The molecular formula is C16H23N7O2. The molecule has 1 spiro atoms. The second-order valence-electron chi connectivity index (χ2n) is 7.10. The number of likely N-dealkylation sites (tertiary alicyclic amines) is 1. The van der Waals surface area contributed by atoms with Gasteiger partial charge in [-0.3, -0.25) is 9.20 Å². The van der Waals surface area contributed by atoms with E-state index in [-0.39, 0.29) is 17.9 Å². The van der Waals surface area contributed by atoms with Gasteiger partial charge in [0.05, 0.1) is 6.61 Å². The van der Waals surface area contributed by atoms with Crippen LogP contribution in [0.4, 0.5) is 11.8 Å². The molecule has 3 N–H and O–H groups in total. The van der Waals surface area contributed by atoms with E-state index in [0.29, 0.717) is 31.1 Å². The first-order chi connectivity index (χ1) is 12.1. The fourth-order valence-corrected chi connectivity index (χ4v) is 4.16. The van der Waals surface area contributed by atoms with Crippen molar-refractivity contribution in [1.29, 1.82) is 0 Å². The van der Waals surface area contributed by atoms with Crippen LogP contribution in [0.1, 0.15) is 25.7 Å². The third kappa shape index (κ3) is 2.88. The van der Waals surface area contributed by atoms with Gasteiger partial charge in [0.25, 0.3) is 0 Å². The molecule has 25 heavy (non-hydrogen) atoms. The fourth-order valence-electron chi connectivity index (χ4n) is 4.16. The highest BCUT2D eigenvalue weighted by Gasteiger charge is 2.41. The van der Waals surface area contributed by atoms with E-state index in [1.807, 2.05) is 6.07 Å². The monoisotopic (exact) mass is 345 g/mol. The highest BCUT2D eigenvalue weighted by Crippen LogP contribution is 2.40. The molecule has 4 rings (SSSR count). The van der Waals surface area contributed by atoms with Crippen LogP contribution in [-0.2, 0) is 4.79 Å². The summed E-state index contributed by atoms with van der Waals surface area (Å²) in [6.07, 6.45) is 5.11. The Morgan fingerprint density at radius 3 is 3.04 bits per heavy atom. The van der Waals surface area contributed by atoms with Crippen LogP contribution >= 0.6 is 0 Å². The molecule has 9 nitrogen and oxygen atoms in total. The van der Waals surface area contributed by atoms with E-state index < -0.39 is 0 Å². The molecule has 2 aliphatic heterocycles. The normalized spacial score (nSPS) is 24.4. The second kappa shape index (κ2) is 6.14. The number of aliphatic hydroxyl groups is 1. The summed E-state index contributed by atoms with van der Waals surface area (Å²) in [4.78, 5) is 20.6. The van der Waals surface area contributed by atoms with E-state index in [9.17, 15) is 9.90 Å². The van der Waals surface area contributed by atoms with Crippen molar-refractivity contribution in [2.45, 2.75) is 25.7 Å². The highest BCUT2D eigenvalue weighted by molar-refractivity contribution is 5.77. The Morgan fingerprint density at radius 1 is 1.32 bits per heavy atom. The Balaban J connectivity index is 1.58. The quantitative estimate of drug-likeness (QED) is 0.799. The number of carbonyl (C=O) groups is 1. The van der Waals surface area contributed by atoms with Gasteiger partial charge in [0.1, 0.15) is 12.1 Å². The smallest absolute Gasteiger partial charge is 0.222 e. The van der Waals surface area contributed by atoms with E-state index in [2.05, 4.69) is 20.1 Å². The van der Waals surface area contributed by atoms with E-state index in [0.717, 1.165) is 38.2 Å². The molecule has 0 radical (unpaired) electrons. The molecule has 134 valence electrons. The van der Waals surface area contributed by atoms with Crippen LogP contribution in [0.15, 0.2) is 12.4 Å². The first-order valence-electron chi connectivity index (χ1n) is 8.70. The molecule has 2 fully saturated rings. The van der Waals surface area contributed by atoms with Gasteiger partial charge < -0.3 is 20.6 Å². The summed E-state index contributed by atoms with van der Waals surface area (Å²) in [6, 6.07) is 1.90. The first-order valence-corrected chi connectivity index (χ1v) is 8.70. The van der Waals surface area contributed by atoms with Crippen molar-refractivity contribution in [3.63, 3.8) is 0 Å². The summed E-state index contributed by atoms with van der Waals surface area (Å²) in [6.45, 7) is 2.86. The average Bonchev–Trinajstić information content (AvgIpc) is 3.08. The molecule has 1 amide bonds. The van der Waals surface area contributed by atoms with Crippen molar-refractivity contribution in [2.24, 2.45) is 5.41 Å². The van der Waals surface area contributed by atoms with Gasteiger partial charge >= 0.3 is 0 Å². The van der Waals surface area contributed by atoms with Crippen LogP contribution in [0.3, 0.4) is 0 Å². The van der Waals surface area contributed by atoms with Crippen LogP contribution in [-0.4, -0.2) is 68.3 Å². The maximum atomic E-state index is 12.1. The number of aliphatic hydroxyl groups excluding tert-OH is 1. The number of fused-ring (bicyclic) bond motifs is 1. The van der Waals surface area contributed by atoms with Crippen LogP contribution in [0.25, 0.3) is 5.65 Å². The van der Waals surface area contributed by atoms with Crippen LogP contribution in [0, 0.1) is 5.41 Å². The van der Waals surface area contributed by atoms with Crippen LogP contribution in [0.5, 0.6) is 0 Å². The molecule has 0 bridgehead atoms. The van der Waals surface area contributed by atoms with Crippen molar-refractivity contribution in [3.8, 4) is 0 Å². The zero-order valence-corrected chi connectivity index (χ0v) is 14.1. The van der Waals surface area contributed by atoms with Crippen LogP contribution in [0.2, 0.25) is 0 Å². The van der Waals surface area contributed by atoms with Gasteiger partial charge in [-0.05, 0) is 19.3 Å². The molecule has 9 heteroatoms. The number of hydrogen-bond acceptors (Lipinski definition) is 7. The summed E-state index contributed by atoms with van der Waals surface area (Å²) < 4.78 is 1.66. The predicted molar refractivity (Wildman–Crippen MR) is 92.0 cm³/mol. The van der Waals surface area contributed by atoms with Crippen LogP contribution < -0.4 is 10.6 Å². The lowest BCUT2D eigenvalue weighted by atomic mass is 9.73. The molecule has 0 unspecified atom stereocenters. The maximum absolute atomic E-state index is 12.1. The molecular weight excluding hydrogens is 322 g/mol. The zero-order chi connectivity index (χ0) is 17.4. The number of hydrogen-bond donors (Lipinski definition) is 2. The summed E-state index contributed by atoms with van der Waals surface area (Å²) in [7, 11) is 0. The molecule has 2 aromatic rings. The lowest BCUT2D eigenvalue weighted by molar-refractivity contribution is -0.138. The lowest BCUT2D eigenvalue weighted by Gasteiger charge is -2.48. The van der Waals surface area contributed by atoms with Gasteiger partial charge in [-0.15, -0.1) is 10.2 Å². The Bertz CT molecular complexity index is 792. The van der Waals surface area contributed by atoms with Gasteiger partial charge in [-0.1, -0.05) is 0 Å². The Morgan fingerprint density at radius 2 is 2.20 bits per heavy atom. The number of nitrogens with two attached hydrogens (primary N) is 1. The standard InChI is InChI=1S/C16H23N7O2/c17-15-19-12(8-13-20-18-11-23(13)15)21-5-1-3-16(9-21)4-2-14(25)22(10-16)6-7-24/h8,11,24H,1-7,9-10H2,(H2,17,19)/t16-/m0/s1. The molecule has 4 heterocycles. The van der Waals surface area contributed by atoms with E-state index in [1.54, 1.807) is 15.6 Å². The summed E-state index contributed by atoms with van der Waals surface area (Å²) in [5.74, 6) is 1.32. The van der Waals surface area contributed by atoms with Crippen molar-refractivity contribution in [2.75, 3.05) is 43.4 Å². The van der Waals surface area contributed by atoms with E-state index in [4.69, 9.17) is 5.73 Å². The predicted octanol–water partition coefficient (Wildman–Crippen LogP) is -0.0922. The van der Waals surface area contributed by atoms with Gasteiger partial charge in [0, 0.05) is 44.1 Å². The van der Waals surface area contributed by atoms with Crippen molar-refractivity contribution in [1.82, 2.24) is 24.5 Å². The van der Waals surface area contributed by atoms with E-state index in [1.165, 1.54) is 0 Å². The molecule has 0 aliphatic carbocycles. The fraction of sp³-hybridized carbons (Fsp3) is 0.625. The van der Waals surface area contributed by atoms with Crippen molar-refractivity contribution in [3.05, 3.63) is 12.4 Å². The van der Waals surface area contributed by atoms with Gasteiger partial charge in [0.2, 0.25) is 11.9 Å². The molecule has 2 aliphatic rings. The molecule has 2 saturated heterocycles. The van der Waals surface area contributed by atoms with Crippen molar-refractivity contribution >= 4 is 23.3 Å². The van der Waals surface area contributed by atoms with Gasteiger partial charge in [-0.25, -0.2) is 0 Å². The average molecular weight is 345 g/mol. The van der Waals surface area contributed by atoms with Gasteiger partial charge in [0.15, 0.2) is 5.65 Å². The first kappa shape index (κ1) is 16.1. The number of anilines is 2. The Kier molecular flexibility index (Phi) is 3.95. The number of nitrogen functional groups attached to an aromatic ring is 1. The topological polar surface area (TPSA) is 113 Å². The molecule has 0 saturated carbocycles. The lowest BCUT2D eigenvalue weighted by Crippen LogP contribution is -2.54. The number of aromatic nitrogens is 4. The third-order valence-corrected chi connectivity index (χ3v) is 5.41. The number of nitrogens with zero attached hydrogens (tertiary/aromatic N) is 6. The number of rotatable bonds is 3. The minimum atomic E-state index is 0.00712. The second-order valence-corrected chi connectivity index (χ2v) is 7.10. The van der Waals surface area contributed by atoms with Gasteiger partial charge in [-0.2, -0.15) is 4.98 Å². The zero-order valence-electron chi connectivity index (χ0n) is 14.1. The molecule has 2 aromatic heterocycles. The van der Waals surface area contributed by atoms with E-state index >= 15 is 0 Å². The maximum Gasteiger partial charge on any atom is 0.222 e. The number of carbonyl (C=O) groups excluding carboxylic acids is 1. The summed E-state index contributed by atoms with van der Waals surface area (Å²) in [5.41, 5.74) is 6.76. The summed E-state index contributed by atoms with van der Waals surface area (Å²) >= 11 is 0. The molecule has 1 atom stereocenters. The number of amides is 1. The number of β-amino-alcohol motifs (C(OH)–C–C–N with tert-alkyl or cyclic N) is 1. The Labute approximate surface area is 145 Å². The number of piperidine rings is 2. The minimum absolute atomic E-state index is 0.00712. The molecule has 0 aromatic carbocycles. The third-order valence-electron chi connectivity index (χ3n) is 5.41. The van der Waals surface area contributed by atoms with Crippen molar-refractivity contribution < 1.29 is 9.90 Å². The Hall–Kier alpha value is -2.42. The largest absolute Gasteiger partial charge is 0.395 e. The summed E-state index contributed by atoms with van der Waals surface area (Å²) in [5, 5.41) is 17.2. The minimum Gasteiger partial charge on any atom is -0.395 e.